The normalized spacial score (nSPS) is 11.5. The van der Waals surface area contributed by atoms with Gasteiger partial charge >= 0.3 is 0 Å². The average Bonchev–Trinajstić information content (AvgIpc) is 2.91. The van der Waals surface area contributed by atoms with Crippen LogP contribution in [0.1, 0.15) is 39.5 Å². The Morgan fingerprint density at radius 2 is 1.95 bits per heavy atom. The lowest BCUT2D eigenvalue weighted by Gasteiger charge is -2.16. The first-order valence-electron chi connectivity index (χ1n) is 7.34. The molecule has 8 heteroatoms. The molecule has 0 atom stereocenters. The van der Waals surface area contributed by atoms with Gasteiger partial charge in [-0.05, 0) is 12.8 Å². The fourth-order valence-electron chi connectivity index (χ4n) is 1.86. The molecule has 0 unspecified atom stereocenters. The molecule has 0 amide bonds. The number of unbranched alkanes of at least 4 members (excludes halogenated alkanes) is 2. The summed E-state index contributed by atoms with van der Waals surface area (Å²) in [6, 6.07) is 0. The van der Waals surface area contributed by atoms with Crippen LogP contribution in [0, 0.1) is 0 Å². The smallest absolute Gasteiger partial charge is 0.276 e. The van der Waals surface area contributed by atoms with Gasteiger partial charge in [0.05, 0.1) is 6.33 Å². The SMILES string of the molecule is CCCCN(CCCC)/N=N/c1nc2nc[nH]c(=O)c2[nH]1. The van der Waals surface area contributed by atoms with Gasteiger partial charge in [0.1, 0.15) is 0 Å². The molecule has 0 aliphatic rings. The number of aromatic amines is 2. The van der Waals surface area contributed by atoms with Crippen LogP contribution in [0.3, 0.4) is 0 Å². The summed E-state index contributed by atoms with van der Waals surface area (Å²) in [6.45, 7) is 6.04. The lowest BCUT2D eigenvalue weighted by molar-refractivity contribution is 0.261. The van der Waals surface area contributed by atoms with Crippen molar-refractivity contribution in [3.05, 3.63) is 16.7 Å². The largest absolute Gasteiger partial charge is 0.315 e. The van der Waals surface area contributed by atoms with E-state index in [2.05, 4.69) is 44.1 Å². The Morgan fingerprint density at radius 3 is 2.57 bits per heavy atom. The molecule has 2 aromatic rings. The van der Waals surface area contributed by atoms with E-state index in [0.29, 0.717) is 17.1 Å². The molecular weight excluding hydrogens is 270 g/mol. The zero-order chi connectivity index (χ0) is 15.1. The number of aromatic nitrogens is 4. The van der Waals surface area contributed by atoms with Gasteiger partial charge in [-0.25, -0.2) is 4.98 Å². The number of imidazole rings is 1. The van der Waals surface area contributed by atoms with Crippen LogP contribution in [0.5, 0.6) is 0 Å². The van der Waals surface area contributed by atoms with Crippen molar-refractivity contribution >= 4 is 17.1 Å². The van der Waals surface area contributed by atoms with Crippen molar-refractivity contribution in [1.82, 2.24) is 24.9 Å². The summed E-state index contributed by atoms with van der Waals surface area (Å²) < 4.78 is 0. The first-order chi connectivity index (χ1) is 10.2. The van der Waals surface area contributed by atoms with Gasteiger partial charge in [0, 0.05) is 13.1 Å². The molecule has 0 aromatic carbocycles. The van der Waals surface area contributed by atoms with E-state index in [-0.39, 0.29) is 5.56 Å². The van der Waals surface area contributed by atoms with Crippen LogP contribution >= 0.6 is 0 Å². The zero-order valence-electron chi connectivity index (χ0n) is 12.5. The first kappa shape index (κ1) is 15.1. The fourth-order valence-corrected chi connectivity index (χ4v) is 1.86. The maximum absolute atomic E-state index is 11.6. The molecule has 0 bridgehead atoms. The van der Waals surface area contributed by atoms with Gasteiger partial charge < -0.3 is 9.97 Å². The summed E-state index contributed by atoms with van der Waals surface area (Å²) in [5, 5.41) is 10.2. The molecule has 2 aromatic heterocycles. The number of nitrogens with zero attached hydrogens (tertiary/aromatic N) is 5. The highest BCUT2D eigenvalue weighted by atomic mass is 16.1. The molecule has 0 saturated heterocycles. The van der Waals surface area contributed by atoms with E-state index in [9.17, 15) is 4.79 Å². The molecule has 0 radical (unpaired) electrons. The van der Waals surface area contributed by atoms with Crippen molar-refractivity contribution in [2.75, 3.05) is 13.1 Å². The Hall–Kier alpha value is -2.25. The molecule has 0 spiro atoms. The Kier molecular flexibility index (Phi) is 5.42. The Balaban J connectivity index is 2.11. The van der Waals surface area contributed by atoms with E-state index in [1.807, 2.05) is 5.01 Å². The standard InChI is InChI=1S/C13H21N7O/c1-3-5-7-20(8-6-4-2)19-18-13-16-10-11(17-13)14-9-15-12(10)21/h9H,3-8H2,1-2H3,(H2,14,15,16,17,21)/b19-18+. The van der Waals surface area contributed by atoms with Gasteiger partial charge in [0.25, 0.3) is 11.5 Å². The molecule has 2 rings (SSSR count). The molecule has 0 fully saturated rings. The van der Waals surface area contributed by atoms with Crippen LogP contribution < -0.4 is 5.56 Å². The number of hydrogen-bond acceptors (Lipinski definition) is 5. The minimum absolute atomic E-state index is 0.261. The maximum atomic E-state index is 11.6. The molecular formula is C13H21N7O. The van der Waals surface area contributed by atoms with Crippen LogP contribution in [0.4, 0.5) is 5.95 Å². The lowest BCUT2D eigenvalue weighted by Crippen LogP contribution is -2.19. The molecule has 0 aliphatic heterocycles. The van der Waals surface area contributed by atoms with Crippen molar-refractivity contribution in [1.29, 1.82) is 0 Å². The second-order valence-electron chi connectivity index (χ2n) is 4.84. The number of hydrogen-bond donors (Lipinski definition) is 2. The highest BCUT2D eigenvalue weighted by Crippen LogP contribution is 2.11. The predicted molar refractivity (Wildman–Crippen MR) is 80.4 cm³/mol. The van der Waals surface area contributed by atoms with E-state index in [4.69, 9.17) is 0 Å². The summed E-state index contributed by atoms with van der Waals surface area (Å²) in [5.74, 6) is 0.298. The lowest BCUT2D eigenvalue weighted by atomic mass is 10.3. The highest BCUT2D eigenvalue weighted by Gasteiger charge is 2.06. The van der Waals surface area contributed by atoms with Gasteiger partial charge in [-0.15, -0.1) is 0 Å². The molecule has 8 nitrogen and oxygen atoms in total. The van der Waals surface area contributed by atoms with Gasteiger partial charge in [-0.2, -0.15) is 4.98 Å². The third kappa shape index (κ3) is 4.11. The summed E-state index contributed by atoms with van der Waals surface area (Å²) >= 11 is 0. The Labute approximate surface area is 122 Å². The van der Waals surface area contributed by atoms with E-state index in [1.165, 1.54) is 6.33 Å². The molecule has 0 aliphatic carbocycles. The minimum Gasteiger partial charge on any atom is -0.315 e. The van der Waals surface area contributed by atoms with Crippen molar-refractivity contribution in [3.8, 4) is 0 Å². The van der Waals surface area contributed by atoms with E-state index >= 15 is 0 Å². The predicted octanol–water partition coefficient (Wildman–Crippen LogP) is 2.55. The van der Waals surface area contributed by atoms with Crippen molar-refractivity contribution < 1.29 is 0 Å². The van der Waals surface area contributed by atoms with Crippen LogP contribution in [-0.4, -0.2) is 38.0 Å². The summed E-state index contributed by atoms with van der Waals surface area (Å²) in [7, 11) is 0. The van der Waals surface area contributed by atoms with Crippen LogP contribution in [0.2, 0.25) is 0 Å². The second kappa shape index (κ2) is 7.51. The van der Waals surface area contributed by atoms with Gasteiger partial charge in [-0.3, -0.25) is 9.80 Å². The van der Waals surface area contributed by atoms with E-state index in [0.717, 1.165) is 38.8 Å². The minimum atomic E-state index is -0.261. The van der Waals surface area contributed by atoms with Crippen LogP contribution in [0.25, 0.3) is 11.2 Å². The van der Waals surface area contributed by atoms with Crippen LogP contribution in [-0.2, 0) is 0 Å². The molecule has 21 heavy (non-hydrogen) atoms. The number of fused-ring (bicyclic) bond motifs is 1. The third-order valence-electron chi connectivity index (χ3n) is 3.09. The fraction of sp³-hybridized carbons (Fsp3) is 0.615. The summed E-state index contributed by atoms with van der Waals surface area (Å²) in [4.78, 5) is 25.0. The maximum Gasteiger partial charge on any atom is 0.276 e. The topological polar surface area (TPSA) is 102 Å². The van der Waals surface area contributed by atoms with Crippen molar-refractivity contribution in [2.24, 2.45) is 10.3 Å². The Morgan fingerprint density at radius 1 is 1.24 bits per heavy atom. The molecule has 0 saturated carbocycles. The van der Waals surface area contributed by atoms with Crippen molar-refractivity contribution in [3.63, 3.8) is 0 Å². The highest BCUT2D eigenvalue weighted by molar-refractivity contribution is 5.70. The van der Waals surface area contributed by atoms with Gasteiger partial charge in [0.15, 0.2) is 11.2 Å². The monoisotopic (exact) mass is 291 g/mol. The summed E-state index contributed by atoms with van der Waals surface area (Å²) in [5.41, 5.74) is 0.407. The van der Waals surface area contributed by atoms with Gasteiger partial charge in [-0.1, -0.05) is 37.0 Å². The third-order valence-corrected chi connectivity index (χ3v) is 3.09. The first-order valence-corrected chi connectivity index (χ1v) is 7.34. The van der Waals surface area contributed by atoms with E-state index < -0.39 is 0 Å². The van der Waals surface area contributed by atoms with Crippen LogP contribution in [0.15, 0.2) is 21.5 Å². The van der Waals surface area contributed by atoms with Gasteiger partial charge in [0.2, 0.25) is 0 Å². The molecule has 2 N–H and O–H groups in total. The van der Waals surface area contributed by atoms with Crippen molar-refractivity contribution in [2.45, 2.75) is 39.5 Å². The summed E-state index contributed by atoms with van der Waals surface area (Å²) in [6.07, 6.45) is 5.69. The average molecular weight is 291 g/mol. The van der Waals surface area contributed by atoms with E-state index in [1.54, 1.807) is 0 Å². The second-order valence-corrected chi connectivity index (χ2v) is 4.84. The zero-order valence-corrected chi connectivity index (χ0v) is 12.5. The molecule has 114 valence electrons. The quantitative estimate of drug-likeness (QED) is 0.576. The molecule has 2 heterocycles. The Bertz CT molecular complexity index is 637. The number of rotatable bonds is 8. The number of nitrogens with one attached hydrogen (secondary N) is 2. The number of H-pyrrole nitrogens is 2.